The molecule has 1 aliphatic heterocycles. The van der Waals surface area contributed by atoms with Gasteiger partial charge in [-0.05, 0) is 39.2 Å². The normalized spacial score (nSPS) is 32.4. The topological polar surface area (TPSA) is 42.7 Å². The van der Waals surface area contributed by atoms with Gasteiger partial charge in [0.1, 0.15) is 6.33 Å². The molecule has 3 rings (SSSR count). The van der Waals surface area contributed by atoms with Crippen LogP contribution in [0.3, 0.4) is 0 Å². The van der Waals surface area contributed by atoms with Crippen molar-refractivity contribution in [1.82, 2.24) is 20.1 Å². The number of nitrogens with zero attached hydrogens (tertiary/aromatic N) is 3. The predicted octanol–water partition coefficient (Wildman–Crippen LogP) is 1.21. The fourth-order valence-corrected chi connectivity index (χ4v) is 2.34. The van der Waals surface area contributed by atoms with Gasteiger partial charge >= 0.3 is 0 Å². The van der Waals surface area contributed by atoms with Gasteiger partial charge in [0.25, 0.3) is 0 Å². The number of hydrogen-bond donors (Lipinski definition) is 1. The first-order valence-electron chi connectivity index (χ1n) is 5.45. The summed E-state index contributed by atoms with van der Waals surface area (Å²) < 4.78 is 2.26. The zero-order chi connectivity index (χ0) is 9.60. The maximum absolute atomic E-state index is 4.28. The minimum Gasteiger partial charge on any atom is -0.313 e. The van der Waals surface area contributed by atoms with Crippen molar-refractivity contribution in [3.63, 3.8) is 0 Å². The number of hydrogen-bond acceptors (Lipinski definition) is 3. The lowest BCUT2D eigenvalue weighted by Gasteiger charge is -2.23. The van der Waals surface area contributed by atoms with Crippen LogP contribution in [0.4, 0.5) is 0 Å². The summed E-state index contributed by atoms with van der Waals surface area (Å²) in [7, 11) is 0. The van der Waals surface area contributed by atoms with Gasteiger partial charge in [0, 0.05) is 6.04 Å². The summed E-state index contributed by atoms with van der Waals surface area (Å²) in [4.78, 5) is 0. The summed E-state index contributed by atoms with van der Waals surface area (Å²) in [6, 6.07) is 0.680. The zero-order valence-corrected chi connectivity index (χ0v) is 8.53. The lowest BCUT2D eigenvalue weighted by atomic mass is 9.99. The van der Waals surface area contributed by atoms with Crippen molar-refractivity contribution >= 4 is 0 Å². The first kappa shape index (κ1) is 8.41. The molecule has 1 saturated heterocycles. The minimum absolute atomic E-state index is 0.0685. The van der Waals surface area contributed by atoms with E-state index in [1.54, 1.807) is 0 Å². The Morgan fingerprint density at radius 2 is 2.43 bits per heavy atom. The van der Waals surface area contributed by atoms with Crippen LogP contribution in [0.5, 0.6) is 0 Å². The fraction of sp³-hybridized carbons (Fsp3) is 0.800. The second-order valence-corrected chi connectivity index (χ2v) is 4.66. The zero-order valence-electron chi connectivity index (χ0n) is 8.53. The van der Waals surface area contributed by atoms with E-state index in [-0.39, 0.29) is 5.54 Å². The van der Waals surface area contributed by atoms with Crippen LogP contribution in [0.15, 0.2) is 6.33 Å². The highest BCUT2D eigenvalue weighted by Crippen LogP contribution is 2.39. The van der Waals surface area contributed by atoms with Gasteiger partial charge in [0.2, 0.25) is 0 Å². The molecular formula is C10H16N4. The molecule has 4 heteroatoms. The van der Waals surface area contributed by atoms with Crippen LogP contribution < -0.4 is 5.32 Å². The molecule has 1 aromatic heterocycles. The van der Waals surface area contributed by atoms with Crippen molar-refractivity contribution in [1.29, 1.82) is 0 Å². The Balaban J connectivity index is 1.97. The van der Waals surface area contributed by atoms with Crippen LogP contribution in [-0.4, -0.2) is 21.3 Å². The Morgan fingerprint density at radius 1 is 1.57 bits per heavy atom. The standard InChI is InChI=1S/C10H16N4/c1-10(5-2-6-11-10)9-13-12-7-14(9)8-3-4-8/h7-8,11H,2-6H2,1H3. The summed E-state index contributed by atoms with van der Waals surface area (Å²) in [5.74, 6) is 1.14. The molecule has 1 aliphatic carbocycles. The van der Waals surface area contributed by atoms with Gasteiger partial charge in [-0.1, -0.05) is 0 Å². The van der Waals surface area contributed by atoms with E-state index >= 15 is 0 Å². The Morgan fingerprint density at radius 3 is 3.07 bits per heavy atom. The molecule has 14 heavy (non-hydrogen) atoms. The first-order chi connectivity index (χ1) is 6.80. The third-order valence-corrected chi connectivity index (χ3v) is 3.38. The number of rotatable bonds is 2. The molecule has 1 aromatic rings. The predicted molar refractivity (Wildman–Crippen MR) is 52.9 cm³/mol. The molecule has 0 spiro atoms. The van der Waals surface area contributed by atoms with Crippen LogP contribution >= 0.6 is 0 Å². The average Bonchev–Trinajstić information content (AvgIpc) is 2.75. The monoisotopic (exact) mass is 192 g/mol. The van der Waals surface area contributed by atoms with E-state index in [2.05, 4.69) is 27.0 Å². The van der Waals surface area contributed by atoms with E-state index in [0.717, 1.165) is 12.4 Å². The summed E-state index contributed by atoms with van der Waals surface area (Å²) in [5, 5.41) is 11.9. The van der Waals surface area contributed by atoms with Crippen molar-refractivity contribution in [3.05, 3.63) is 12.2 Å². The van der Waals surface area contributed by atoms with Crippen molar-refractivity contribution in [3.8, 4) is 0 Å². The largest absolute Gasteiger partial charge is 0.313 e. The lowest BCUT2D eigenvalue weighted by Crippen LogP contribution is -2.36. The minimum atomic E-state index is 0.0685. The van der Waals surface area contributed by atoms with Gasteiger partial charge in [-0.15, -0.1) is 10.2 Å². The SMILES string of the molecule is CC1(c2nncn2C2CC2)CCCN1. The van der Waals surface area contributed by atoms with Crippen molar-refractivity contribution in [2.75, 3.05) is 6.54 Å². The van der Waals surface area contributed by atoms with Crippen LogP contribution in [0.1, 0.15) is 44.5 Å². The van der Waals surface area contributed by atoms with E-state index in [1.165, 1.54) is 25.7 Å². The highest BCUT2D eigenvalue weighted by Gasteiger charge is 2.37. The average molecular weight is 192 g/mol. The molecule has 4 nitrogen and oxygen atoms in total. The second kappa shape index (κ2) is 2.79. The van der Waals surface area contributed by atoms with E-state index in [9.17, 15) is 0 Å². The molecular weight excluding hydrogens is 176 g/mol. The number of aromatic nitrogens is 3. The Hall–Kier alpha value is -0.900. The van der Waals surface area contributed by atoms with Crippen LogP contribution in [-0.2, 0) is 5.54 Å². The fourth-order valence-electron chi connectivity index (χ4n) is 2.34. The molecule has 1 atom stereocenters. The quantitative estimate of drug-likeness (QED) is 0.766. The smallest absolute Gasteiger partial charge is 0.153 e. The molecule has 1 unspecified atom stereocenters. The number of nitrogens with one attached hydrogen (secondary N) is 1. The second-order valence-electron chi connectivity index (χ2n) is 4.66. The summed E-state index contributed by atoms with van der Waals surface area (Å²) in [6.07, 6.45) is 6.90. The van der Waals surface area contributed by atoms with Crippen LogP contribution in [0.2, 0.25) is 0 Å². The summed E-state index contributed by atoms with van der Waals surface area (Å²) in [5.41, 5.74) is 0.0685. The lowest BCUT2D eigenvalue weighted by molar-refractivity contribution is 0.385. The van der Waals surface area contributed by atoms with Gasteiger partial charge in [-0.3, -0.25) is 0 Å². The van der Waals surface area contributed by atoms with Gasteiger partial charge in [0.15, 0.2) is 5.82 Å². The molecule has 0 bridgehead atoms. The van der Waals surface area contributed by atoms with E-state index in [4.69, 9.17) is 0 Å². The molecule has 0 radical (unpaired) electrons. The van der Waals surface area contributed by atoms with Crippen molar-refractivity contribution in [2.24, 2.45) is 0 Å². The first-order valence-corrected chi connectivity index (χ1v) is 5.45. The Bertz CT molecular complexity index is 334. The summed E-state index contributed by atoms with van der Waals surface area (Å²) >= 11 is 0. The summed E-state index contributed by atoms with van der Waals surface area (Å²) in [6.45, 7) is 3.34. The maximum Gasteiger partial charge on any atom is 0.153 e. The van der Waals surface area contributed by atoms with Crippen LogP contribution in [0, 0.1) is 0 Å². The molecule has 0 amide bonds. The Kier molecular flexibility index (Phi) is 1.68. The highest BCUT2D eigenvalue weighted by atomic mass is 15.3. The van der Waals surface area contributed by atoms with Gasteiger partial charge < -0.3 is 9.88 Å². The van der Waals surface area contributed by atoms with E-state index < -0.39 is 0 Å². The highest BCUT2D eigenvalue weighted by molar-refractivity contribution is 5.09. The molecule has 1 saturated carbocycles. The molecule has 1 N–H and O–H groups in total. The molecule has 2 heterocycles. The third kappa shape index (κ3) is 1.17. The van der Waals surface area contributed by atoms with Crippen molar-refractivity contribution < 1.29 is 0 Å². The van der Waals surface area contributed by atoms with Gasteiger partial charge in [-0.2, -0.15) is 0 Å². The van der Waals surface area contributed by atoms with Gasteiger partial charge in [-0.25, -0.2) is 0 Å². The molecule has 76 valence electrons. The van der Waals surface area contributed by atoms with Crippen LogP contribution in [0.25, 0.3) is 0 Å². The maximum atomic E-state index is 4.28. The van der Waals surface area contributed by atoms with E-state index in [0.29, 0.717) is 6.04 Å². The van der Waals surface area contributed by atoms with Gasteiger partial charge in [0.05, 0.1) is 5.54 Å². The Labute approximate surface area is 83.7 Å². The molecule has 0 aromatic carbocycles. The van der Waals surface area contributed by atoms with E-state index in [1.807, 2.05) is 6.33 Å². The molecule has 2 fully saturated rings. The molecule has 2 aliphatic rings. The van der Waals surface area contributed by atoms with Crippen molar-refractivity contribution in [2.45, 2.75) is 44.2 Å². The third-order valence-electron chi connectivity index (χ3n) is 3.38.